The zero-order valence-electron chi connectivity index (χ0n) is 10.3. The van der Waals surface area contributed by atoms with E-state index >= 15 is 0 Å². The predicted octanol–water partition coefficient (Wildman–Crippen LogP) is 0.546. The molecule has 0 bridgehead atoms. The minimum atomic E-state index is -1.10. The van der Waals surface area contributed by atoms with Crippen LogP contribution in [0.1, 0.15) is 26.2 Å². The van der Waals surface area contributed by atoms with Crippen molar-refractivity contribution in [2.45, 2.75) is 44.2 Å². The van der Waals surface area contributed by atoms with Gasteiger partial charge in [0.05, 0.1) is 6.61 Å². The molecule has 2 heterocycles. The first-order valence-corrected chi connectivity index (χ1v) is 6.01. The van der Waals surface area contributed by atoms with Crippen LogP contribution in [0.4, 0.5) is 0 Å². The number of rotatable bonds is 0. The van der Waals surface area contributed by atoms with Gasteiger partial charge in [0.1, 0.15) is 11.9 Å². The lowest BCUT2D eigenvalue weighted by molar-refractivity contribution is -0.257. The highest BCUT2D eigenvalue weighted by Crippen LogP contribution is 2.40. The van der Waals surface area contributed by atoms with Crippen LogP contribution in [0.25, 0.3) is 0 Å². The number of allylic oxidation sites excluding steroid dienone is 1. The molecule has 96 valence electrons. The molecule has 4 heteroatoms. The second-order valence-electron chi connectivity index (χ2n) is 4.30. The van der Waals surface area contributed by atoms with E-state index in [0.717, 1.165) is 12.8 Å². The molecule has 0 aliphatic carbocycles. The van der Waals surface area contributed by atoms with Gasteiger partial charge in [-0.3, -0.25) is 0 Å². The van der Waals surface area contributed by atoms with Crippen LogP contribution in [0.3, 0.4) is 0 Å². The van der Waals surface area contributed by atoms with Crippen LogP contribution in [0.2, 0.25) is 0 Å². The van der Waals surface area contributed by atoms with Crippen molar-refractivity contribution in [2.75, 3.05) is 6.61 Å². The normalized spacial score (nSPS) is 36.5. The van der Waals surface area contributed by atoms with Crippen molar-refractivity contribution in [1.82, 2.24) is 0 Å². The average molecular weight is 248 g/mol. The second-order valence-corrected chi connectivity index (χ2v) is 4.30. The minimum Gasteiger partial charge on any atom is -0.460 e. The third kappa shape index (κ3) is 2.37. The highest BCUT2D eigenvalue weighted by Gasteiger charge is 2.54. The maximum Gasteiger partial charge on any atom is 0.239 e. The summed E-state index contributed by atoms with van der Waals surface area (Å²) in [6.07, 6.45) is 1.70. The number of hydrogen-bond acceptors (Lipinski definition) is 4. The summed E-state index contributed by atoms with van der Waals surface area (Å²) >= 11 is 0. The molecule has 0 aromatic carbocycles. The first-order chi connectivity index (χ1) is 8.69. The average Bonchev–Trinajstić information content (AvgIpc) is 2.61. The molecular formula is C14H16O4. The van der Waals surface area contributed by atoms with E-state index in [1.165, 1.54) is 6.08 Å². The van der Waals surface area contributed by atoms with Gasteiger partial charge in [-0.15, -0.1) is 0 Å². The molecular weight excluding hydrogens is 232 g/mol. The quantitative estimate of drug-likeness (QED) is 0.614. The number of hydrogen-bond donors (Lipinski definition) is 2. The zero-order valence-corrected chi connectivity index (χ0v) is 10.3. The lowest BCUT2D eigenvalue weighted by Crippen LogP contribution is -2.47. The van der Waals surface area contributed by atoms with Crippen molar-refractivity contribution in [2.24, 2.45) is 0 Å². The van der Waals surface area contributed by atoms with Gasteiger partial charge in [-0.05, 0) is 31.6 Å². The molecule has 0 aromatic rings. The third-order valence-corrected chi connectivity index (χ3v) is 3.07. The Morgan fingerprint density at radius 2 is 2.17 bits per heavy atom. The molecule has 2 fully saturated rings. The van der Waals surface area contributed by atoms with Crippen molar-refractivity contribution < 1.29 is 19.7 Å². The Labute approximate surface area is 107 Å². The molecule has 4 nitrogen and oxygen atoms in total. The Bertz CT molecular complexity index is 452. The van der Waals surface area contributed by atoms with Crippen molar-refractivity contribution in [3.8, 4) is 23.7 Å². The van der Waals surface area contributed by atoms with Gasteiger partial charge in [0.15, 0.2) is 6.10 Å². The second kappa shape index (κ2) is 5.46. The molecule has 2 saturated heterocycles. The Balaban J connectivity index is 2.16. The van der Waals surface area contributed by atoms with Crippen molar-refractivity contribution in [3.63, 3.8) is 0 Å². The van der Waals surface area contributed by atoms with E-state index in [1.807, 2.05) is 0 Å². The van der Waals surface area contributed by atoms with Gasteiger partial charge in [0.25, 0.3) is 0 Å². The Morgan fingerprint density at radius 1 is 1.33 bits per heavy atom. The van der Waals surface area contributed by atoms with E-state index in [-0.39, 0.29) is 5.76 Å². The standard InChI is InChI=1S/C14H16O4/c1-2-3-4-5-8-11-12(15)13(16)14(18-11)9-6-7-10-17-14/h8,12-13,15-16H,6-7,9-10H2,1H3/b11-8+/t12-,13+,14-/m1/s1. The summed E-state index contributed by atoms with van der Waals surface area (Å²) in [6, 6.07) is 0. The van der Waals surface area contributed by atoms with Crippen LogP contribution < -0.4 is 0 Å². The van der Waals surface area contributed by atoms with Gasteiger partial charge >= 0.3 is 0 Å². The van der Waals surface area contributed by atoms with E-state index < -0.39 is 18.0 Å². The molecule has 0 amide bonds. The molecule has 18 heavy (non-hydrogen) atoms. The Morgan fingerprint density at radius 3 is 2.83 bits per heavy atom. The monoisotopic (exact) mass is 248 g/mol. The first-order valence-electron chi connectivity index (χ1n) is 6.01. The van der Waals surface area contributed by atoms with Gasteiger partial charge in [0, 0.05) is 12.5 Å². The van der Waals surface area contributed by atoms with Crippen molar-refractivity contribution in [1.29, 1.82) is 0 Å². The van der Waals surface area contributed by atoms with Gasteiger partial charge in [-0.25, -0.2) is 0 Å². The van der Waals surface area contributed by atoms with Crippen LogP contribution in [0.15, 0.2) is 11.8 Å². The summed E-state index contributed by atoms with van der Waals surface area (Å²) in [6.45, 7) is 2.22. The maximum absolute atomic E-state index is 10.0. The summed E-state index contributed by atoms with van der Waals surface area (Å²) in [5.41, 5.74) is 0. The highest BCUT2D eigenvalue weighted by molar-refractivity contribution is 5.33. The zero-order chi connectivity index (χ0) is 13.0. The largest absolute Gasteiger partial charge is 0.460 e. The van der Waals surface area contributed by atoms with E-state index in [1.54, 1.807) is 6.92 Å². The number of ether oxygens (including phenoxy) is 2. The van der Waals surface area contributed by atoms with Gasteiger partial charge in [-0.2, -0.15) is 0 Å². The molecule has 0 saturated carbocycles. The SMILES string of the molecule is CC#CC#C/C=C1/O[C@]2(CCCCO2)[C@@H](O)[C@@H]1O. The van der Waals surface area contributed by atoms with Gasteiger partial charge in [0.2, 0.25) is 5.79 Å². The van der Waals surface area contributed by atoms with E-state index in [9.17, 15) is 10.2 Å². The van der Waals surface area contributed by atoms with Crippen LogP contribution in [0.5, 0.6) is 0 Å². The number of aliphatic hydroxyl groups excluding tert-OH is 2. The van der Waals surface area contributed by atoms with E-state index in [4.69, 9.17) is 9.47 Å². The molecule has 0 unspecified atom stereocenters. The molecule has 2 N–H and O–H groups in total. The lowest BCUT2D eigenvalue weighted by atomic mass is 9.98. The highest BCUT2D eigenvalue weighted by atomic mass is 16.7. The molecule has 0 aromatic heterocycles. The molecule has 2 aliphatic heterocycles. The Hall–Kier alpha value is -1.46. The molecule has 2 rings (SSSR count). The smallest absolute Gasteiger partial charge is 0.239 e. The van der Waals surface area contributed by atoms with Crippen molar-refractivity contribution >= 4 is 0 Å². The lowest BCUT2D eigenvalue weighted by Gasteiger charge is -2.34. The summed E-state index contributed by atoms with van der Waals surface area (Å²) in [5.74, 6) is 9.62. The molecule has 2 aliphatic rings. The fourth-order valence-corrected chi connectivity index (χ4v) is 2.14. The molecule has 0 radical (unpaired) electrons. The van der Waals surface area contributed by atoms with Gasteiger partial charge in [-0.1, -0.05) is 11.8 Å². The van der Waals surface area contributed by atoms with Gasteiger partial charge < -0.3 is 19.7 Å². The summed E-state index contributed by atoms with van der Waals surface area (Å²) in [7, 11) is 0. The third-order valence-electron chi connectivity index (χ3n) is 3.07. The minimum absolute atomic E-state index is 0.245. The fourth-order valence-electron chi connectivity index (χ4n) is 2.14. The number of aliphatic hydroxyl groups is 2. The van der Waals surface area contributed by atoms with Crippen LogP contribution in [0, 0.1) is 23.7 Å². The summed E-state index contributed by atoms with van der Waals surface area (Å²) in [5, 5.41) is 19.9. The molecule has 3 atom stereocenters. The van der Waals surface area contributed by atoms with Crippen LogP contribution in [-0.4, -0.2) is 34.8 Å². The molecule has 1 spiro atoms. The predicted molar refractivity (Wildman–Crippen MR) is 64.9 cm³/mol. The van der Waals surface area contributed by atoms with Crippen LogP contribution >= 0.6 is 0 Å². The van der Waals surface area contributed by atoms with Crippen molar-refractivity contribution in [3.05, 3.63) is 11.8 Å². The first kappa shape index (κ1) is 13.0. The fraction of sp³-hybridized carbons (Fsp3) is 0.571. The Kier molecular flexibility index (Phi) is 3.93. The topological polar surface area (TPSA) is 58.9 Å². The van der Waals surface area contributed by atoms with E-state index in [2.05, 4.69) is 23.7 Å². The van der Waals surface area contributed by atoms with Crippen LogP contribution in [-0.2, 0) is 9.47 Å². The summed E-state index contributed by atoms with van der Waals surface area (Å²) < 4.78 is 11.1. The maximum atomic E-state index is 10.0. The van der Waals surface area contributed by atoms with E-state index in [0.29, 0.717) is 13.0 Å². The summed E-state index contributed by atoms with van der Waals surface area (Å²) in [4.78, 5) is 0.